The molecular formula is C38H75Cl3N3O6Ti2-. The van der Waals surface area contributed by atoms with Gasteiger partial charge in [0.1, 0.15) is 0 Å². The number of hydrogen-bond acceptors (Lipinski definition) is 9. The Morgan fingerprint density at radius 2 is 0.577 bits per heavy atom. The van der Waals surface area contributed by atoms with Crippen molar-refractivity contribution >= 4 is 27.9 Å². The fourth-order valence-electron chi connectivity index (χ4n) is 5.00. The standard InChI is InChI=1S/2C10H15.2C6H15NO3.C6H15N.3ClH.2Ti/c2*1-6-7(2)9(4)10(5)8(6)3;2*8-4-1-7(2-5-9)3-6-10;1-4-7(5-2)6-3;;;;;/h2*1-5H3;2*8-10H,1-6H2;4-6H2,1-3H3;3*1H;;/q2*-1;;;;;;;;+4/p-3. The molecule has 9 nitrogen and oxygen atoms in total. The van der Waals surface area contributed by atoms with Gasteiger partial charge < -0.3 is 35.5 Å². The van der Waals surface area contributed by atoms with E-state index >= 15 is 0 Å². The number of nitrogens with zero attached hydrogens (tertiary/aromatic N) is 3. The summed E-state index contributed by atoms with van der Waals surface area (Å²) in [6.45, 7) is 35.6. The first-order valence-electron chi connectivity index (χ1n) is 17.9. The van der Waals surface area contributed by atoms with Crippen LogP contribution in [0.5, 0.6) is 0 Å². The molecule has 0 spiro atoms. The number of halogens is 3. The van der Waals surface area contributed by atoms with Crippen molar-refractivity contribution in [3.8, 4) is 0 Å². The second kappa shape index (κ2) is 39.9. The van der Waals surface area contributed by atoms with Gasteiger partial charge in [-0.05, 0) is 19.6 Å². The predicted molar refractivity (Wildman–Crippen MR) is 218 cm³/mol. The summed E-state index contributed by atoms with van der Waals surface area (Å²) in [6, 6.07) is 0. The molecule has 6 N–H and O–H groups in total. The minimum atomic E-state index is -1.92. The fourth-order valence-corrected chi connectivity index (χ4v) is 5.00. The molecule has 0 aromatic heterocycles. The van der Waals surface area contributed by atoms with Crippen LogP contribution in [0.3, 0.4) is 0 Å². The minimum absolute atomic E-state index is 0. The molecule has 2 aromatic rings. The SMILES string of the molecule is CCN(CC)CC.Cc1c(C)c(C)[c-](C)c1C.Cc1c(C)c(C)[c-](C)c1C.OCCN(CCO)CCO.OCCN(CCO)CCO.[Cl][Ti+]([Cl])[Cl].[Ti]. The van der Waals surface area contributed by atoms with Crippen LogP contribution < -0.4 is 0 Å². The molecule has 52 heavy (non-hydrogen) atoms. The Bertz CT molecular complexity index is 816. The molecule has 0 heterocycles. The van der Waals surface area contributed by atoms with Gasteiger partial charge >= 0.3 is 42.6 Å². The third-order valence-electron chi connectivity index (χ3n) is 9.46. The fraction of sp³-hybridized carbons (Fsp3) is 0.737. The number of hydrogen-bond donors (Lipinski definition) is 6. The van der Waals surface area contributed by atoms with Crippen molar-refractivity contribution in [2.45, 2.75) is 90.0 Å². The van der Waals surface area contributed by atoms with E-state index < -0.39 is 14.7 Å². The molecule has 14 heteroatoms. The first-order valence-corrected chi connectivity index (χ1v) is 24.4. The molecule has 2 aromatic carbocycles. The van der Waals surface area contributed by atoms with Crippen LogP contribution in [-0.2, 0) is 36.4 Å². The molecule has 0 radical (unpaired) electrons. The maximum absolute atomic E-state index is 8.48. The van der Waals surface area contributed by atoms with Gasteiger partial charge in [-0.15, -0.1) is 0 Å². The van der Waals surface area contributed by atoms with E-state index in [0.717, 1.165) is 0 Å². The third-order valence-corrected chi connectivity index (χ3v) is 9.46. The Balaban J connectivity index is -0.000000172. The van der Waals surface area contributed by atoms with E-state index in [1.807, 2.05) is 0 Å². The van der Waals surface area contributed by atoms with Gasteiger partial charge in [-0.2, -0.15) is 55.6 Å². The summed E-state index contributed by atoms with van der Waals surface area (Å²) in [5.74, 6) is 0. The largest absolute Gasteiger partial charge is 0 e. The van der Waals surface area contributed by atoms with E-state index in [9.17, 15) is 0 Å². The first-order chi connectivity index (χ1) is 23.9. The summed E-state index contributed by atoms with van der Waals surface area (Å²) in [5.41, 5.74) is 14.7. The quantitative estimate of drug-likeness (QED) is 0.0967. The molecule has 308 valence electrons. The molecule has 0 atom stereocenters. The monoisotopic (exact) mass is 870 g/mol. The van der Waals surface area contributed by atoms with Gasteiger partial charge in [-0.25, -0.2) is 0 Å². The number of rotatable bonds is 15. The molecule has 0 aliphatic carbocycles. The molecule has 2 rings (SSSR count). The molecule has 0 saturated carbocycles. The van der Waals surface area contributed by atoms with Crippen LogP contribution in [0.4, 0.5) is 0 Å². The average molecular weight is 872 g/mol. The molecule has 0 amide bonds. The summed E-state index contributed by atoms with van der Waals surface area (Å²) in [7, 11) is 14.9. The van der Waals surface area contributed by atoms with E-state index in [1.54, 1.807) is 9.80 Å². The molecule has 0 aliphatic heterocycles. The van der Waals surface area contributed by atoms with Crippen molar-refractivity contribution in [2.24, 2.45) is 0 Å². The van der Waals surface area contributed by atoms with Gasteiger partial charge in [-0.1, -0.05) is 90.0 Å². The van der Waals surface area contributed by atoms with Gasteiger partial charge in [0, 0.05) is 61.0 Å². The topological polar surface area (TPSA) is 131 Å². The minimum Gasteiger partial charge on any atom is 0 e. The van der Waals surface area contributed by atoms with Gasteiger partial charge in [0.2, 0.25) is 0 Å². The number of aliphatic hydroxyl groups is 6. The Morgan fingerprint density at radius 3 is 0.635 bits per heavy atom. The summed E-state index contributed by atoms with van der Waals surface area (Å²) in [6.07, 6.45) is 0. The zero-order chi connectivity index (χ0) is 40.7. The normalized spacial score (nSPS) is 10.1. The van der Waals surface area contributed by atoms with Gasteiger partial charge in [-0.3, -0.25) is 9.80 Å². The summed E-state index contributed by atoms with van der Waals surface area (Å²) >= 11 is -1.92. The maximum Gasteiger partial charge on any atom is 0 e. The molecule has 0 bridgehead atoms. The molecule has 0 fully saturated rings. The van der Waals surface area contributed by atoms with Crippen molar-refractivity contribution in [3.63, 3.8) is 0 Å². The van der Waals surface area contributed by atoms with E-state index in [-0.39, 0.29) is 61.4 Å². The van der Waals surface area contributed by atoms with Crippen molar-refractivity contribution in [2.75, 3.05) is 98.5 Å². The second-order valence-corrected chi connectivity index (χ2v) is 19.8. The van der Waals surface area contributed by atoms with Crippen LogP contribution in [0.2, 0.25) is 0 Å². The van der Waals surface area contributed by atoms with E-state index in [1.165, 1.54) is 75.3 Å². The van der Waals surface area contributed by atoms with Crippen molar-refractivity contribution < 1.29 is 67.0 Å². The second-order valence-electron chi connectivity index (χ2n) is 12.1. The number of aliphatic hydroxyl groups excluding tert-OH is 6. The molecular weight excluding hydrogens is 797 g/mol. The van der Waals surface area contributed by atoms with Crippen LogP contribution in [0.15, 0.2) is 0 Å². The van der Waals surface area contributed by atoms with Crippen LogP contribution in [-0.4, -0.2) is 144 Å². The van der Waals surface area contributed by atoms with E-state index in [2.05, 4.69) is 94.9 Å². The zero-order valence-electron chi connectivity index (χ0n) is 34.8. The zero-order valence-corrected chi connectivity index (χ0v) is 40.2. The Hall–Kier alpha value is 0.639. The average Bonchev–Trinajstić information content (AvgIpc) is 3.36. The molecule has 0 aliphatic rings. The summed E-state index contributed by atoms with van der Waals surface area (Å²) < 4.78 is 0. The van der Waals surface area contributed by atoms with E-state index in [4.69, 9.17) is 58.6 Å². The summed E-state index contributed by atoms with van der Waals surface area (Å²) in [4.78, 5) is 5.96. The molecule has 0 saturated heterocycles. The smallest absolute Gasteiger partial charge is 0 e. The van der Waals surface area contributed by atoms with E-state index in [0.29, 0.717) is 39.3 Å². The van der Waals surface area contributed by atoms with Crippen molar-refractivity contribution in [3.05, 3.63) is 55.6 Å². The summed E-state index contributed by atoms with van der Waals surface area (Å²) in [5, 5.41) is 50.9. The van der Waals surface area contributed by atoms with Crippen LogP contribution in [0.1, 0.15) is 76.4 Å². The van der Waals surface area contributed by atoms with Crippen molar-refractivity contribution in [1.82, 2.24) is 14.7 Å². The third kappa shape index (κ3) is 29.9. The predicted octanol–water partition coefficient (Wildman–Crippen LogP) is 5.84. The van der Waals surface area contributed by atoms with Crippen LogP contribution in [0, 0.1) is 69.2 Å². The Labute approximate surface area is 351 Å². The Kier molecular flexibility index (Phi) is 47.4. The van der Waals surface area contributed by atoms with Gasteiger partial charge in [0.05, 0.1) is 39.6 Å². The van der Waals surface area contributed by atoms with Gasteiger partial charge in [0.25, 0.3) is 0 Å². The van der Waals surface area contributed by atoms with Crippen molar-refractivity contribution in [1.29, 1.82) is 0 Å². The van der Waals surface area contributed by atoms with Crippen LogP contribution in [0.25, 0.3) is 0 Å². The van der Waals surface area contributed by atoms with Gasteiger partial charge in [0.15, 0.2) is 0 Å². The Morgan fingerprint density at radius 1 is 0.423 bits per heavy atom. The molecule has 0 unspecified atom stereocenters. The first kappa shape index (κ1) is 61.8. The maximum atomic E-state index is 8.48. The van der Waals surface area contributed by atoms with Crippen LogP contribution >= 0.6 is 27.9 Å².